The molecule has 0 unspecified atom stereocenters. The summed E-state index contributed by atoms with van der Waals surface area (Å²) < 4.78 is 5.73. The van der Waals surface area contributed by atoms with Crippen LogP contribution in [0.25, 0.3) is 0 Å². The monoisotopic (exact) mass is 211 g/mol. The first-order valence-electron chi connectivity index (χ1n) is 4.48. The summed E-state index contributed by atoms with van der Waals surface area (Å²) in [5, 5.41) is 0. The number of para-hydroxylation sites is 1. The molecule has 1 aliphatic carbocycles. The van der Waals surface area contributed by atoms with E-state index in [1.807, 2.05) is 30.3 Å². The zero-order valence-electron chi connectivity index (χ0n) is 8.39. The molecule has 1 radical (unpaired) electrons. The Morgan fingerprint density at radius 2 is 1.64 bits per heavy atom. The molecule has 0 saturated heterocycles. The maximum absolute atomic E-state index is 5.73. The second kappa shape index (κ2) is 6.25. The molecule has 0 spiro atoms. The van der Waals surface area contributed by atoms with Gasteiger partial charge in [0.05, 0.1) is 0 Å². The number of allylic oxidation sites excluding steroid dienone is 4. The predicted octanol–water partition coefficient (Wildman–Crippen LogP) is 1.68. The summed E-state index contributed by atoms with van der Waals surface area (Å²) in [6, 6.07) is 10.0. The number of rotatable bonds is 3. The average molecular weight is 211 g/mol. The zero-order valence-corrected chi connectivity index (χ0v) is 11.8. The number of hydrogen-bond donors (Lipinski definition) is 0. The molecule has 0 saturated carbocycles. The van der Waals surface area contributed by atoms with Crippen molar-refractivity contribution in [1.82, 2.24) is 0 Å². The summed E-state index contributed by atoms with van der Waals surface area (Å²) in [4.78, 5) is 0. The molecule has 1 aromatic rings. The van der Waals surface area contributed by atoms with Gasteiger partial charge in [0.25, 0.3) is 0 Å². The Balaban J connectivity index is 0.000000980. The van der Waals surface area contributed by atoms with Crippen molar-refractivity contribution in [3.05, 3.63) is 54.6 Å². The fourth-order valence-corrected chi connectivity index (χ4v) is 2.41. The molecule has 0 N–H and O–H groups in total. The molecule has 0 atom stereocenters. The second-order valence-corrected chi connectivity index (χ2v) is 4.62. The molecule has 67 valence electrons. The van der Waals surface area contributed by atoms with E-state index in [1.54, 1.807) is 0 Å². The van der Waals surface area contributed by atoms with E-state index in [1.165, 1.54) is 0 Å². The minimum atomic E-state index is -0.484. The van der Waals surface area contributed by atoms with Crippen LogP contribution in [0.1, 0.15) is 0 Å². The Kier molecular flexibility index (Phi) is 5.26. The summed E-state index contributed by atoms with van der Waals surface area (Å²) in [6.07, 6.45) is 8.59. The van der Waals surface area contributed by atoms with E-state index in [0.717, 1.165) is 5.75 Å². The molecule has 14 heavy (non-hydrogen) atoms. The van der Waals surface area contributed by atoms with E-state index in [9.17, 15) is 0 Å². The number of hydrogen-bond acceptors (Lipinski definition) is 1. The summed E-state index contributed by atoms with van der Waals surface area (Å²) >= 11 is 0. The summed E-state index contributed by atoms with van der Waals surface area (Å²) in [5.74, 6) is 1.00. The predicted molar refractivity (Wildman–Crippen MR) is 63.4 cm³/mol. The van der Waals surface area contributed by atoms with Gasteiger partial charge >= 0.3 is 0 Å². The molecule has 0 heterocycles. The Bertz CT molecular complexity index is 309. The standard InChI is InChI=1S/C11H12OSi.Na/c1-2-6-10(7-3-1)12-13-11-8-4-5-9-11;/h1-9,11H,13H2;. The van der Waals surface area contributed by atoms with Gasteiger partial charge in [-0.15, -0.1) is 0 Å². The molecule has 2 rings (SSSR count). The Labute approximate surface area is 109 Å². The van der Waals surface area contributed by atoms with Crippen LogP contribution in [0.15, 0.2) is 54.6 Å². The van der Waals surface area contributed by atoms with Crippen LogP contribution in [0.4, 0.5) is 0 Å². The maximum atomic E-state index is 5.73. The Hall–Kier alpha value is -0.283. The van der Waals surface area contributed by atoms with Crippen molar-refractivity contribution in [2.75, 3.05) is 0 Å². The van der Waals surface area contributed by atoms with Gasteiger partial charge in [-0.3, -0.25) is 0 Å². The van der Waals surface area contributed by atoms with Crippen LogP contribution in [0, 0.1) is 0 Å². The van der Waals surface area contributed by atoms with Gasteiger partial charge in [0, 0.05) is 35.1 Å². The van der Waals surface area contributed by atoms with E-state index in [-0.39, 0.29) is 29.6 Å². The molecule has 0 bridgehead atoms. The summed E-state index contributed by atoms with van der Waals surface area (Å²) in [5.41, 5.74) is 0.584. The molecule has 0 aromatic heterocycles. The smallest absolute Gasteiger partial charge is 0.230 e. The van der Waals surface area contributed by atoms with Crippen LogP contribution >= 0.6 is 0 Å². The normalized spacial score (nSPS) is 14.9. The van der Waals surface area contributed by atoms with Gasteiger partial charge in [-0.2, -0.15) is 0 Å². The van der Waals surface area contributed by atoms with Crippen LogP contribution in [-0.4, -0.2) is 39.3 Å². The van der Waals surface area contributed by atoms with Gasteiger partial charge in [0.15, 0.2) is 0 Å². The molecule has 0 amide bonds. The Morgan fingerprint density at radius 1 is 1.00 bits per heavy atom. The van der Waals surface area contributed by atoms with Crippen LogP contribution in [0.5, 0.6) is 5.75 Å². The van der Waals surface area contributed by atoms with Gasteiger partial charge in [-0.05, 0) is 12.1 Å². The summed E-state index contributed by atoms with van der Waals surface area (Å²) in [6.45, 7) is 0. The SMILES string of the molecule is C1=CC([SiH2]Oc2ccccc2)C=C1.[Na]. The van der Waals surface area contributed by atoms with Crippen molar-refractivity contribution in [3.63, 3.8) is 0 Å². The van der Waals surface area contributed by atoms with Crippen molar-refractivity contribution in [2.45, 2.75) is 5.54 Å². The zero-order chi connectivity index (χ0) is 8.93. The molecule has 1 nitrogen and oxygen atoms in total. The first-order chi connectivity index (χ1) is 6.45. The molecule has 1 aliphatic rings. The fraction of sp³-hybridized carbons (Fsp3) is 0.0909. The van der Waals surface area contributed by atoms with Crippen molar-refractivity contribution in [3.8, 4) is 5.75 Å². The largest absolute Gasteiger partial charge is 0.548 e. The van der Waals surface area contributed by atoms with E-state index < -0.39 is 9.76 Å². The van der Waals surface area contributed by atoms with Gasteiger partial charge in [0.1, 0.15) is 5.75 Å². The second-order valence-electron chi connectivity index (χ2n) is 3.06. The minimum Gasteiger partial charge on any atom is -0.548 e. The van der Waals surface area contributed by atoms with Crippen molar-refractivity contribution in [2.24, 2.45) is 0 Å². The van der Waals surface area contributed by atoms with Gasteiger partial charge < -0.3 is 4.43 Å². The van der Waals surface area contributed by atoms with Gasteiger partial charge in [-0.1, -0.05) is 42.5 Å². The van der Waals surface area contributed by atoms with Crippen molar-refractivity contribution >= 4 is 39.3 Å². The van der Waals surface area contributed by atoms with Crippen LogP contribution < -0.4 is 4.43 Å². The fourth-order valence-electron chi connectivity index (χ4n) is 1.30. The topological polar surface area (TPSA) is 9.23 Å². The molecule has 3 heteroatoms. The van der Waals surface area contributed by atoms with E-state index in [4.69, 9.17) is 4.43 Å². The van der Waals surface area contributed by atoms with Crippen molar-refractivity contribution in [1.29, 1.82) is 0 Å². The molecular weight excluding hydrogens is 199 g/mol. The summed E-state index contributed by atoms with van der Waals surface area (Å²) in [7, 11) is -0.484. The first-order valence-corrected chi connectivity index (χ1v) is 5.87. The molecule has 0 fully saturated rings. The van der Waals surface area contributed by atoms with E-state index in [0.29, 0.717) is 5.54 Å². The number of benzene rings is 1. The molecule has 1 aromatic carbocycles. The van der Waals surface area contributed by atoms with Gasteiger partial charge in [0.2, 0.25) is 9.76 Å². The minimum absolute atomic E-state index is 0. The van der Waals surface area contributed by atoms with Gasteiger partial charge in [-0.25, -0.2) is 0 Å². The van der Waals surface area contributed by atoms with E-state index in [2.05, 4.69) is 24.3 Å². The first kappa shape index (κ1) is 11.8. The third kappa shape index (κ3) is 3.46. The molecule has 0 aliphatic heterocycles. The van der Waals surface area contributed by atoms with Crippen LogP contribution in [0.3, 0.4) is 0 Å². The van der Waals surface area contributed by atoms with Crippen LogP contribution in [-0.2, 0) is 0 Å². The van der Waals surface area contributed by atoms with Crippen LogP contribution in [0.2, 0.25) is 5.54 Å². The third-order valence-corrected chi connectivity index (χ3v) is 3.44. The Morgan fingerprint density at radius 3 is 2.29 bits per heavy atom. The quantitative estimate of drug-likeness (QED) is 0.691. The average Bonchev–Trinajstić information content (AvgIpc) is 2.69. The maximum Gasteiger partial charge on any atom is 0.230 e. The molecular formula is C11H12NaOSi. The third-order valence-electron chi connectivity index (χ3n) is 2.01. The van der Waals surface area contributed by atoms with E-state index >= 15 is 0 Å². The van der Waals surface area contributed by atoms with Crippen molar-refractivity contribution < 1.29 is 4.43 Å².